The molecule has 3 rings (SSSR count). The van der Waals surface area contributed by atoms with Gasteiger partial charge in [-0.1, -0.05) is 30.4 Å². The summed E-state index contributed by atoms with van der Waals surface area (Å²) in [6.45, 7) is 12.2. The average Bonchev–Trinajstić information content (AvgIpc) is 3.07. The van der Waals surface area contributed by atoms with Gasteiger partial charge in [0.05, 0.1) is 24.9 Å². The van der Waals surface area contributed by atoms with Crippen LogP contribution in [0.25, 0.3) is 5.69 Å². The molecule has 7 heteroatoms. The van der Waals surface area contributed by atoms with Crippen LogP contribution in [0.3, 0.4) is 0 Å². The van der Waals surface area contributed by atoms with Crippen molar-refractivity contribution < 1.29 is 9.53 Å². The Labute approximate surface area is 183 Å². The second-order valence-corrected chi connectivity index (χ2v) is 7.40. The van der Waals surface area contributed by atoms with Gasteiger partial charge in [0.1, 0.15) is 17.6 Å². The lowest BCUT2D eigenvalue weighted by atomic mass is 9.98. The summed E-state index contributed by atoms with van der Waals surface area (Å²) in [6, 6.07) is 5.37. The Kier molecular flexibility index (Phi) is 6.84. The third-order valence-electron chi connectivity index (χ3n) is 5.02. The minimum atomic E-state index is -0.477. The fourth-order valence-corrected chi connectivity index (χ4v) is 3.56. The molecule has 1 N–H and O–H groups in total. The molecule has 1 aromatic carbocycles. The van der Waals surface area contributed by atoms with Crippen molar-refractivity contribution >= 4 is 11.6 Å². The van der Waals surface area contributed by atoms with Crippen molar-refractivity contribution in [1.29, 1.82) is 0 Å². The lowest BCUT2D eigenvalue weighted by Crippen LogP contribution is -2.25. The summed E-state index contributed by atoms with van der Waals surface area (Å²) in [5.41, 5.74) is 4.43. The van der Waals surface area contributed by atoms with Crippen molar-refractivity contribution in [3.8, 4) is 11.4 Å². The number of carbonyl (C=O) groups is 1. The lowest BCUT2D eigenvalue weighted by molar-refractivity contribution is -0.121. The van der Waals surface area contributed by atoms with Crippen molar-refractivity contribution in [3.63, 3.8) is 0 Å². The Hall–Kier alpha value is -3.48. The molecule has 0 aliphatic carbocycles. The summed E-state index contributed by atoms with van der Waals surface area (Å²) in [7, 11) is 1.64. The van der Waals surface area contributed by atoms with Gasteiger partial charge in [-0.2, -0.15) is 0 Å². The van der Waals surface area contributed by atoms with Crippen LogP contribution in [0.15, 0.2) is 59.1 Å². The van der Waals surface area contributed by atoms with Crippen LogP contribution in [-0.4, -0.2) is 40.0 Å². The van der Waals surface area contributed by atoms with Crippen LogP contribution in [0.4, 0.5) is 0 Å². The summed E-state index contributed by atoms with van der Waals surface area (Å²) >= 11 is 0. The predicted octanol–water partition coefficient (Wildman–Crippen LogP) is 4.03. The smallest absolute Gasteiger partial charge is 0.222 e. The molecule has 0 radical (unpaired) electrons. The number of hydrogen-bond acceptors (Lipinski definition) is 5. The molecular formula is C24H29N5O2. The molecule has 2 aromatic rings. The maximum Gasteiger partial charge on any atom is 0.222 e. The second kappa shape index (κ2) is 9.55. The summed E-state index contributed by atoms with van der Waals surface area (Å²) in [6.07, 6.45) is 6.13. The maximum absolute atomic E-state index is 12.5. The highest BCUT2D eigenvalue weighted by molar-refractivity contribution is 6.17. The van der Waals surface area contributed by atoms with Crippen LogP contribution < -0.4 is 10.1 Å². The van der Waals surface area contributed by atoms with E-state index < -0.39 is 6.04 Å². The molecule has 0 fully saturated rings. The number of hydrogen-bond donors (Lipinski definition) is 1. The topological polar surface area (TPSA) is 81.4 Å². The number of rotatable bonds is 7. The third-order valence-corrected chi connectivity index (χ3v) is 5.02. The van der Waals surface area contributed by atoms with Gasteiger partial charge in [-0.05, 0) is 51.5 Å². The van der Waals surface area contributed by atoms with Gasteiger partial charge in [-0.25, -0.2) is 0 Å². The molecular weight excluding hydrogens is 390 g/mol. The van der Waals surface area contributed by atoms with Gasteiger partial charge in [0.15, 0.2) is 5.82 Å². The van der Waals surface area contributed by atoms with Gasteiger partial charge in [0.2, 0.25) is 5.91 Å². The van der Waals surface area contributed by atoms with Gasteiger partial charge in [-0.15, -0.1) is 10.2 Å². The molecule has 0 bridgehead atoms. The van der Waals surface area contributed by atoms with Crippen molar-refractivity contribution in [3.05, 3.63) is 71.4 Å². The largest absolute Gasteiger partial charge is 0.497 e. The van der Waals surface area contributed by atoms with E-state index in [1.807, 2.05) is 68.7 Å². The molecule has 2 heterocycles. The second-order valence-electron chi connectivity index (χ2n) is 7.40. The van der Waals surface area contributed by atoms with E-state index in [1.165, 1.54) is 0 Å². The molecule has 1 aromatic heterocycles. The van der Waals surface area contributed by atoms with Crippen LogP contribution in [-0.2, 0) is 4.79 Å². The quantitative estimate of drug-likeness (QED) is 0.687. The number of allylic oxidation sites excluding steroid dienone is 5. The number of nitrogens with zero attached hydrogens (tertiary/aromatic N) is 4. The van der Waals surface area contributed by atoms with Gasteiger partial charge in [0.25, 0.3) is 0 Å². The van der Waals surface area contributed by atoms with E-state index in [2.05, 4.69) is 22.1 Å². The van der Waals surface area contributed by atoms with E-state index in [0.717, 1.165) is 39.7 Å². The highest BCUT2D eigenvalue weighted by atomic mass is 16.5. The molecule has 1 amide bonds. The monoisotopic (exact) mass is 419 g/mol. The Morgan fingerprint density at radius 2 is 2.10 bits per heavy atom. The third kappa shape index (κ3) is 4.66. The van der Waals surface area contributed by atoms with E-state index in [0.29, 0.717) is 12.4 Å². The number of aromatic nitrogens is 3. The Morgan fingerprint density at radius 1 is 1.32 bits per heavy atom. The number of ether oxygens (including phenoxy) is 1. The van der Waals surface area contributed by atoms with E-state index in [9.17, 15) is 4.79 Å². The molecule has 0 saturated carbocycles. The van der Waals surface area contributed by atoms with E-state index in [4.69, 9.17) is 9.73 Å². The summed E-state index contributed by atoms with van der Waals surface area (Å²) in [5, 5.41) is 11.5. The van der Waals surface area contributed by atoms with Gasteiger partial charge in [0, 0.05) is 12.1 Å². The normalized spacial score (nSPS) is 15.7. The van der Waals surface area contributed by atoms with E-state index >= 15 is 0 Å². The number of carbonyl (C=O) groups excluding carboxylic acids is 1. The molecule has 0 unspecified atom stereocenters. The lowest BCUT2D eigenvalue weighted by Gasteiger charge is -2.14. The number of nitrogens with one attached hydrogen (secondary N) is 1. The number of aryl methyl sites for hydroxylation is 1. The van der Waals surface area contributed by atoms with E-state index in [-0.39, 0.29) is 12.3 Å². The fraction of sp³-hybridized carbons (Fsp3) is 0.333. The molecule has 162 valence electrons. The molecule has 0 saturated heterocycles. The minimum absolute atomic E-state index is 0.0779. The first-order valence-corrected chi connectivity index (χ1v) is 10.3. The first-order valence-electron chi connectivity index (χ1n) is 10.3. The van der Waals surface area contributed by atoms with Crippen molar-refractivity contribution in [2.75, 3.05) is 13.7 Å². The summed E-state index contributed by atoms with van der Waals surface area (Å²) in [5.74, 6) is 2.02. The number of fused-ring (bicyclic) bond motifs is 3. The standard InChI is InChI=1S/C24H29N5O2/c1-7-17(10-9-15(3)4)23-19-13-18(31-6)11-12-21(19)29-16(5)27-28-24(29)20(26-23)14-22(30)25-8-2/h7,9-13,20H,3,8,14H2,1-2,4-6H3,(H,25,30)/b10-9-,17-7+/t20-/m0/s1. The zero-order valence-electron chi connectivity index (χ0n) is 18.8. The number of aliphatic imine (C=N–C) groups is 1. The molecule has 7 nitrogen and oxygen atoms in total. The average molecular weight is 420 g/mol. The van der Waals surface area contributed by atoms with Crippen LogP contribution in [0.5, 0.6) is 5.75 Å². The first-order chi connectivity index (χ1) is 14.9. The summed E-state index contributed by atoms with van der Waals surface area (Å²) in [4.78, 5) is 17.5. The van der Waals surface area contributed by atoms with Crippen LogP contribution in [0.2, 0.25) is 0 Å². The van der Waals surface area contributed by atoms with Crippen LogP contribution in [0, 0.1) is 6.92 Å². The molecule has 0 spiro atoms. The first kappa shape index (κ1) is 22.2. The zero-order valence-corrected chi connectivity index (χ0v) is 18.8. The SMILES string of the molecule is C=C(C)/C=C\C(=C/C)C1=N[C@@H](CC(=O)NCC)c2nnc(C)n2-c2ccc(OC)cc21. The minimum Gasteiger partial charge on any atom is -0.497 e. The number of benzene rings is 1. The Balaban J connectivity index is 2.27. The highest BCUT2D eigenvalue weighted by Crippen LogP contribution is 2.34. The van der Waals surface area contributed by atoms with Crippen molar-refractivity contribution in [1.82, 2.24) is 20.1 Å². The predicted molar refractivity (Wildman–Crippen MR) is 123 cm³/mol. The van der Waals surface area contributed by atoms with Crippen molar-refractivity contribution in [2.45, 2.75) is 40.2 Å². The summed E-state index contributed by atoms with van der Waals surface area (Å²) < 4.78 is 7.47. The molecule has 1 aliphatic heterocycles. The van der Waals surface area contributed by atoms with Gasteiger partial charge < -0.3 is 10.1 Å². The van der Waals surface area contributed by atoms with Gasteiger partial charge >= 0.3 is 0 Å². The number of methoxy groups -OCH3 is 1. The van der Waals surface area contributed by atoms with Crippen LogP contribution >= 0.6 is 0 Å². The van der Waals surface area contributed by atoms with Crippen LogP contribution in [0.1, 0.15) is 50.4 Å². The zero-order chi connectivity index (χ0) is 22.5. The Morgan fingerprint density at radius 3 is 2.74 bits per heavy atom. The molecule has 31 heavy (non-hydrogen) atoms. The maximum atomic E-state index is 12.5. The Bertz CT molecular complexity index is 1090. The highest BCUT2D eigenvalue weighted by Gasteiger charge is 2.30. The van der Waals surface area contributed by atoms with Gasteiger partial charge in [-0.3, -0.25) is 14.4 Å². The molecule has 1 atom stereocenters. The van der Waals surface area contributed by atoms with Crippen molar-refractivity contribution in [2.24, 2.45) is 4.99 Å². The fourth-order valence-electron chi connectivity index (χ4n) is 3.56. The molecule has 1 aliphatic rings. The van der Waals surface area contributed by atoms with E-state index in [1.54, 1.807) is 7.11 Å². The number of amides is 1.